The third kappa shape index (κ3) is 5.01. The van der Waals surface area contributed by atoms with Gasteiger partial charge in [-0.2, -0.15) is 0 Å². The van der Waals surface area contributed by atoms with Gasteiger partial charge >= 0.3 is 5.97 Å². The van der Waals surface area contributed by atoms with Gasteiger partial charge in [0.1, 0.15) is 0 Å². The van der Waals surface area contributed by atoms with Gasteiger partial charge in [0, 0.05) is 13.1 Å². The van der Waals surface area contributed by atoms with Crippen molar-refractivity contribution in [3.05, 3.63) is 0 Å². The summed E-state index contributed by atoms with van der Waals surface area (Å²) in [5, 5.41) is 8.79. The molecule has 1 unspecified atom stereocenters. The van der Waals surface area contributed by atoms with Gasteiger partial charge in [0.25, 0.3) is 0 Å². The Hall–Kier alpha value is -1.14. The first-order valence-corrected chi connectivity index (χ1v) is 6.36. The van der Waals surface area contributed by atoms with Gasteiger partial charge in [-0.3, -0.25) is 14.5 Å². The molecule has 0 radical (unpaired) electrons. The van der Waals surface area contributed by atoms with E-state index in [-0.39, 0.29) is 25.1 Å². The van der Waals surface area contributed by atoms with Crippen LogP contribution in [-0.2, 0) is 14.3 Å². The Morgan fingerprint density at radius 1 is 1.44 bits per heavy atom. The fourth-order valence-electron chi connectivity index (χ4n) is 2.06. The van der Waals surface area contributed by atoms with Gasteiger partial charge < -0.3 is 14.7 Å². The Morgan fingerprint density at radius 2 is 2.17 bits per heavy atom. The Labute approximate surface area is 107 Å². The Morgan fingerprint density at radius 3 is 2.72 bits per heavy atom. The third-order valence-electron chi connectivity index (χ3n) is 2.85. The molecule has 0 aromatic heterocycles. The van der Waals surface area contributed by atoms with Crippen molar-refractivity contribution in [2.75, 3.05) is 39.3 Å². The standard InChI is InChI=1S/C12H22N2O4/c1-3-4-13(9-12(16)17)8-11(15)14-5-6-18-10(2)7-14/h10H,3-9H2,1-2H3,(H,16,17). The lowest BCUT2D eigenvalue weighted by Crippen LogP contribution is -2.49. The highest BCUT2D eigenvalue weighted by atomic mass is 16.5. The van der Waals surface area contributed by atoms with Gasteiger partial charge in [-0.25, -0.2) is 0 Å². The highest BCUT2D eigenvalue weighted by Crippen LogP contribution is 2.05. The normalized spacial score (nSPS) is 20.2. The molecule has 1 aliphatic rings. The van der Waals surface area contributed by atoms with Crippen LogP contribution >= 0.6 is 0 Å². The van der Waals surface area contributed by atoms with E-state index in [1.165, 1.54) is 0 Å². The smallest absolute Gasteiger partial charge is 0.317 e. The number of amides is 1. The van der Waals surface area contributed by atoms with E-state index in [1.807, 2.05) is 13.8 Å². The Balaban J connectivity index is 2.46. The minimum atomic E-state index is -0.897. The molecule has 0 spiro atoms. The van der Waals surface area contributed by atoms with E-state index in [9.17, 15) is 9.59 Å². The number of hydrogen-bond donors (Lipinski definition) is 1. The molecule has 1 saturated heterocycles. The third-order valence-corrected chi connectivity index (χ3v) is 2.85. The molecule has 1 atom stereocenters. The largest absolute Gasteiger partial charge is 0.480 e. The van der Waals surface area contributed by atoms with Crippen LogP contribution < -0.4 is 0 Å². The maximum atomic E-state index is 12.0. The number of nitrogens with zero attached hydrogens (tertiary/aromatic N) is 2. The van der Waals surface area contributed by atoms with Gasteiger partial charge in [0.15, 0.2) is 0 Å². The molecule has 0 bridgehead atoms. The lowest BCUT2D eigenvalue weighted by atomic mass is 10.3. The molecule has 0 aliphatic carbocycles. The fourth-order valence-corrected chi connectivity index (χ4v) is 2.06. The lowest BCUT2D eigenvalue weighted by molar-refractivity contribution is -0.142. The molecular formula is C12H22N2O4. The average Bonchev–Trinajstić information content (AvgIpc) is 2.28. The lowest BCUT2D eigenvalue weighted by Gasteiger charge is -2.32. The van der Waals surface area contributed by atoms with E-state index in [4.69, 9.17) is 9.84 Å². The number of carboxylic acid groups (broad SMARTS) is 1. The number of rotatable bonds is 6. The average molecular weight is 258 g/mol. The number of carbonyl (C=O) groups excluding carboxylic acids is 1. The van der Waals surface area contributed by atoms with Gasteiger partial charge in [0.2, 0.25) is 5.91 Å². The molecule has 1 fully saturated rings. The topological polar surface area (TPSA) is 70.1 Å². The molecular weight excluding hydrogens is 236 g/mol. The van der Waals surface area contributed by atoms with E-state index >= 15 is 0 Å². The molecule has 1 aliphatic heterocycles. The predicted molar refractivity (Wildman–Crippen MR) is 66.4 cm³/mol. The van der Waals surface area contributed by atoms with Crippen LogP contribution in [-0.4, -0.2) is 72.2 Å². The molecule has 0 aromatic carbocycles. The Kier molecular flexibility index (Phi) is 6.07. The zero-order valence-corrected chi connectivity index (χ0v) is 11.1. The van der Waals surface area contributed by atoms with Gasteiger partial charge in [-0.1, -0.05) is 6.92 Å². The van der Waals surface area contributed by atoms with Crippen LogP contribution in [0.2, 0.25) is 0 Å². The van der Waals surface area contributed by atoms with Crippen molar-refractivity contribution < 1.29 is 19.4 Å². The van der Waals surface area contributed by atoms with E-state index in [0.29, 0.717) is 26.2 Å². The number of morpholine rings is 1. The second-order valence-corrected chi connectivity index (χ2v) is 4.63. The minimum Gasteiger partial charge on any atom is -0.480 e. The molecule has 6 heteroatoms. The van der Waals surface area contributed by atoms with Crippen molar-refractivity contribution in [2.45, 2.75) is 26.4 Å². The summed E-state index contributed by atoms with van der Waals surface area (Å²) in [7, 11) is 0. The summed E-state index contributed by atoms with van der Waals surface area (Å²) in [6.07, 6.45) is 0.891. The maximum absolute atomic E-state index is 12.0. The molecule has 18 heavy (non-hydrogen) atoms. The fraction of sp³-hybridized carbons (Fsp3) is 0.833. The van der Waals surface area contributed by atoms with Gasteiger partial charge in [-0.15, -0.1) is 0 Å². The van der Waals surface area contributed by atoms with Gasteiger partial charge in [-0.05, 0) is 19.9 Å². The summed E-state index contributed by atoms with van der Waals surface area (Å²) < 4.78 is 5.37. The SMILES string of the molecule is CCCN(CC(=O)O)CC(=O)N1CCOC(C)C1. The second kappa shape index (κ2) is 7.33. The van der Waals surface area contributed by atoms with Crippen LogP contribution in [0, 0.1) is 0 Å². The van der Waals surface area contributed by atoms with Crippen LogP contribution in [0.1, 0.15) is 20.3 Å². The molecule has 1 heterocycles. The first-order valence-electron chi connectivity index (χ1n) is 6.36. The quantitative estimate of drug-likeness (QED) is 0.728. The molecule has 0 saturated carbocycles. The van der Waals surface area contributed by atoms with Crippen molar-refractivity contribution in [1.82, 2.24) is 9.80 Å². The summed E-state index contributed by atoms with van der Waals surface area (Å²) >= 11 is 0. The van der Waals surface area contributed by atoms with E-state index in [2.05, 4.69) is 0 Å². The number of hydrogen-bond acceptors (Lipinski definition) is 4. The Bertz CT molecular complexity index is 296. The van der Waals surface area contributed by atoms with Crippen LogP contribution in [0.4, 0.5) is 0 Å². The van der Waals surface area contributed by atoms with Crippen LogP contribution in [0.25, 0.3) is 0 Å². The van der Waals surface area contributed by atoms with Crippen molar-refractivity contribution in [2.24, 2.45) is 0 Å². The second-order valence-electron chi connectivity index (χ2n) is 4.63. The van der Waals surface area contributed by atoms with Crippen molar-refractivity contribution in [3.8, 4) is 0 Å². The predicted octanol–water partition coefficient (Wildman–Crippen LogP) is 0.0303. The van der Waals surface area contributed by atoms with Crippen molar-refractivity contribution >= 4 is 11.9 Å². The summed E-state index contributed by atoms with van der Waals surface area (Å²) in [6.45, 7) is 6.35. The van der Waals surface area contributed by atoms with Crippen LogP contribution in [0.15, 0.2) is 0 Å². The molecule has 1 N–H and O–H groups in total. The zero-order valence-electron chi connectivity index (χ0n) is 11.1. The highest BCUT2D eigenvalue weighted by Gasteiger charge is 2.23. The number of aliphatic carboxylic acids is 1. The zero-order chi connectivity index (χ0) is 13.5. The number of ether oxygens (including phenoxy) is 1. The minimum absolute atomic E-state index is 0.0140. The number of carboxylic acids is 1. The molecule has 1 rings (SSSR count). The summed E-state index contributed by atoms with van der Waals surface area (Å²) in [6, 6.07) is 0. The van der Waals surface area contributed by atoms with Crippen LogP contribution in [0.5, 0.6) is 0 Å². The summed E-state index contributed by atoms with van der Waals surface area (Å²) in [5.74, 6) is -0.911. The summed E-state index contributed by atoms with van der Waals surface area (Å²) in [4.78, 5) is 26.2. The molecule has 6 nitrogen and oxygen atoms in total. The van der Waals surface area contributed by atoms with Crippen LogP contribution in [0.3, 0.4) is 0 Å². The molecule has 1 amide bonds. The van der Waals surface area contributed by atoms with Crippen molar-refractivity contribution in [1.29, 1.82) is 0 Å². The van der Waals surface area contributed by atoms with Gasteiger partial charge in [0.05, 0.1) is 25.8 Å². The summed E-state index contributed by atoms with van der Waals surface area (Å²) in [5.41, 5.74) is 0. The first kappa shape index (κ1) is 14.9. The van der Waals surface area contributed by atoms with E-state index < -0.39 is 5.97 Å². The highest BCUT2D eigenvalue weighted by molar-refractivity contribution is 5.79. The molecule has 0 aromatic rings. The van der Waals surface area contributed by atoms with Crippen molar-refractivity contribution in [3.63, 3.8) is 0 Å². The maximum Gasteiger partial charge on any atom is 0.317 e. The number of carbonyl (C=O) groups is 2. The monoisotopic (exact) mass is 258 g/mol. The van der Waals surface area contributed by atoms with E-state index in [1.54, 1.807) is 9.80 Å². The first-order chi connectivity index (χ1) is 8.52. The molecule has 104 valence electrons. The van der Waals surface area contributed by atoms with E-state index in [0.717, 1.165) is 6.42 Å².